The molecule has 0 saturated carbocycles. The zero-order valence-electron chi connectivity index (χ0n) is 8.80. The number of nitrogens with zero attached hydrogens (tertiary/aromatic N) is 2. The van der Waals surface area contributed by atoms with Crippen molar-refractivity contribution in [1.29, 1.82) is 0 Å². The molecule has 4 nitrogen and oxygen atoms in total. The molecule has 13 heavy (non-hydrogen) atoms. The van der Waals surface area contributed by atoms with E-state index in [0.717, 1.165) is 19.6 Å². The fourth-order valence-electron chi connectivity index (χ4n) is 2.05. The lowest BCUT2D eigenvalue weighted by atomic mass is 10.0. The van der Waals surface area contributed by atoms with Gasteiger partial charge < -0.3 is 0 Å². The Bertz CT molecular complexity index is 187. The van der Waals surface area contributed by atoms with Crippen LogP contribution in [-0.4, -0.2) is 47.7 Å². The van der Waals surface area contributed by atoms with E-state index in [1.54, 1.807) is 0 Å². The van der Waals surface area contributed by atoms with Gasteiger partial charge in [0.2, 0.25) is 0 Å². The van der Waals surface area contributed by atoms with Gasteiger partial charge in [-0.2, -0.15) is 5.53 Å². The zero-order chi connectivity index (χ0) is 9.47. The number of rotatable bonds is 0. The highest BCUT2D eigenvalue weighted by Gasteiger charge is 2.34. The quantitative estimate of drug-likeness (QED) is 0.545. The minimum Gasteiger partial charge on any atom is -0.295 e. The number of nitrogens with one attached hydrogen (secondary N) is 2. The Hall–Kier alpha value is -0.160. The predicted octanol–water partition coefficient (Wildman–Crippen LogP) is -0.206. The Balaban J connectivity index is 1.97. The summed E-state index contributed by atoms with van der Waals surface area (Å²) in [5.74, 6) is 0. The summed E-state index contributed by atoms with van der Waals surface area (Å²) in [7, 11) is 0. The van der Waals surface area contributed by atoms with Gasteiger partial charge in [-0.25, -0.2) is 10.4 Å². The predicted molar refractivity (Wildman–Crippen MR) is 53.0 cm³/mol. The van der Waals surface area contributed by atoms with E-state index in [-0.39, 0.29) is 0 Å². The smallest absolute Gasteiger partial charge is 0.0523 e. The molecule has 0 aliphatic carbocycles. The van der Waals surface area contributed by atoms with Crippen LogP contribution in [0, 0.1) is 0 Å². The molecular formula is C9H20N4. The maximum absolute atomic E-state index is 3.19. The molecule has 0 aromatic heterocycles. The van der Waals surface area contributed by atoms with E-state index < -0.39 is 0 Å². The maximum Gasteiger partial charge on any atom is 0.0523 e. The summed E-state index contributed by atoms with van der Waals surface area (Å²) in [4.78, 5) is 2.56. The van der Waals surface area contributed by atoms with Crippen LogP contribution in [0.3, 0.4) is 0 Å². The first kappa shape index (κ1) is 9.40. The summed E-state index contributed by atoms with van der Waals surface area (Å²) in [6, 6.07) is 0.646. The third kappa shape index (κ3) is 1.86. The average Bonchev–Trinajstić information content (AvgIpc) is 2.47. The lowest BCUT2D eigenvalue weighted by molar-refractivity contribution is 0.0226. The molecule has 0 amide bonds. The van der Waals surface area contributed by atoms with Crippen LogP contribution < -0.4 is 11.0 Å². The highest BCUT2D eigenvalue weighted by atomic mass is 15.7. The summed E-state index contributed by atoms with van der Waals surface area (Å²) in [5.41, 5.74) is 6.69. The van der Waals surface area contributed by atoms with Crippen LogP contribution in [0.1, 0.15) is 20.8 Å². The van der Waals surface area contributed by atoms with Gasteiger partial charge in [-0.1, -0.05) is 0 Å². The van der Waals surface area contributed by atoms with Gasteiger partial charge in [0.05, 0.1) is 6.04 Å². The second-order valence-corrected chi connectivity index (χ2v) is 4.96. The number of piperazine rings is 1. The van der Waals surface area contributed by atoms with E-state index in [2.05, 4.69) is 41.6 Å². The van der Waals surface area contributed by atoms with E-state index in [4.69, 9.17) is 0 Å². The summed E-state index contributed by atoms with van der Waals surface area (Å²) in [5, 5.41) is 2.31. The first-order valence-corrected chi connectivity index (χ1v) is 5.07. The molecular weight excluding hydrogens is 164 g/mol. The van der Waals surface area contributed by atoms with Crippen molar-refractivity contribution < 1.29 is 0 Å². The van der Waals surface area contributed by atoms with Gasteiger partial charge in [0.1, 0.15) is 0 Å². The molecule has 2 aliphatic rings. The number of fused-ring (bicyclic) bond motifs is 1. The summed E-state index contributed by atoms with van der Waals surface area (Å²) < 4.78 is 0. The number of hydrogen-bond acceptors (Lipinski definition) is 4. The highest BCUT2D eigenvalue weighted by Crippen LogP contribution is 2.18. The normalized spacial score (nSPS) is 32.1. The lowest BCUT2D eigenvalue weighted by Crippen LogP contribution is -2.58. The Kier molecular flexibility index (Phi) is 2.32. The van der Waals surface area contributed by atoms with E-state index in [9.17, 15) is 0 Å². The van der Waals surface area contributed by atoms with Gasteiger partial charge in [-0.05, 0) is 20.8 Å². The molecule has 2 rings (SSSR count). The van der Waals surface area contributed by atoms with Crippen molar-refractivity contribution in [2.75, 3.05) is 26.2 Å². The molecule has 2 saturated heterocycles. The fraction of sp³-hybridized carbons (Fsp3) is 1.00. The molecule has 1 atom stereocenters. The third-order valence-electron chi connectivity index (χ3n) is 2.99. The number of hydrogen-bond donors (Lipinski definition) is 2. The van der Waals surface area contributed by atoms with Gasteiger partial charge in [-0.15, -0.1) is 0 Å². The van der Waals surface area contributed by atoms with Crippen molar-refractivity contribution in [2.45, 2.75) is 32.4 Å². The third-order valence-corrected chi connectivity index (χ3v) is 2.99. The minimum absolute atomic E-state index is 0.314. The highest BCUT2D eigenvalue weighted by molar-refractivity contribution is 4.89. The van der Waals surface area contributed by atoms with E-state index in [0.29, 0.717) is 11.6 Å². The van der Waals surface area contributed by atoms with E-state index >= 15 is 0 Å². The Morgan fingerprint density at radius 3 is 2.69 bits per heavy atom. The molecule has 0 bridgehead atoms. The second-order valence-electron chi connectivity index (χ2n) is 4.96. The summed E-state index contributed by atoms with van der Waals surface area (Å²) >= 11 is 0. The fourth-order valence-corrected chi connectivity index (χ4v) is 2.05. The Labute approximate surface area is 80.2 Å². The van der Waals surface area contributed by atoms with Crippen molar-refractivity contribution in [3.05, 3.63) is 0 Å². The largest absolute Gasteiger partial charge is 0.295 e. The molecule has 0 aromatic carbocycles. The lowest BCUT2D eigenvalue weighted by Gasteiger charge is -2.43. The van der Waals surface area contributed by atoms with Crippen LogP contribution in [-0.2, 0) is 0 Å². The standard InChI is InChI=1S/C9H20N4/c1-9(2,3)12-4-5-13-8(7-12)6-10-11-13/h8,10-11H,4-7H2,1-3H3. The SMILES string of the molecule is CC(C)(C)N1CCN2NNCC2C1. The van der Waals surface area contributed by atoms with Crippen LogP contribution >= 0.6 is 0 Å². The molecule has 0 spiro atoms. The monoisotopic (exact) mass is 184 g/mol. The topological polar surface area (TPSA) is 30.5 Å². The number of hydrazine groups is 2. The van der Waals surface area contributed by atoms with Crippen molar-refractivity contribution in [3.8, 4) is 0 Å². The van der Waals surface area contributed by atoms with Crippen LogP contribution in [0.2, 0.25) is 0 Å². The van der Waals surface area contributed by atoms with Crippen LogP contribution in [0.5, 0.6) is 0 Å². The average molecular weight is 184 g/mol. The van der Waals surface area contributed by atoms with E-state index in [1.165, 1.54) is 6.54 Å². The van der Waals surface area contributed by atoms with Gasteiger partial charge in [-0.3, -0.25) is 4.90 Å². The van der Waals surface area contributed by atoms with Gasteiger partial charge in [0.25, 0.3) is 0 Å². The first-order valence-electron chi connectivity index (χ1n) is 5.07. The molecule has 2 N–H and O–H groups in total. The van der Waals surface area contributed by atoms with Crippen LogP contribution in [0.25, 0.3) is 0 Å². The molecule has 4 heteroatoms. The van der Waals surface area contributed by atoms with Crippen LogP contribution in [0.4, 0.5) is 0 Å². The van der Waals surface area contributed by atoms with E-state index in [1.807, 2.05) is 0 Å². The summed E-state index contributed by atoms with van der Waals surface area (Å²) in [6.45, 7) is 11.4. The minimum atomic E-state index is 0.314. The van der Waals surface area contributed by atoms with Crippen molar-refractivity contribution in [3.63, 3.8) is 0 Å². The second kappa shape index (κ2) is 3.20. The molecule has 76 valence electrons. The van der Waals surface area contributed by atoms with Crippen molar-refractivity contribution >= 4 is 0 Å². The van der Waals surface area contributed by atoms with Gasteiger partial charge >= 0.3 is 0 Å². The van der Waals surface area contributed by atoms with Gasteiger partial charge in [0, 0.05) is 31.7 Å². The Morgan fingerprint density at radius 1 is 1.23 bits per heavy atom. The van der Waals surface area contributed by atoms with Gasteiger partial charge in [0.15, 0.2) is 0 Å². The molecule has 2 heterocycles. The van der Waals surface area contributed by atoms with Crippen LogP contribution in [0.15, 0.2) is 0 Å². The zero-order valence-corrected chi connectivity index (χ0v) is 8.80. The van der Waals surface area contributed by atoms with Crippen molar-refractivity contribution in [2.24, 2.45) is 0 Å². The first-order chi connectivity index (χ1) is 6.07. The molecule has 0 radical (unpaired) electrons. The molecule has 2 fully saturated rings. The van der Waals surface area contributed by atoms with Crippen molar-refractivity contribution in [1.82, 2.24) is 20.9 Å². The molecule has 1 unspecified atom stereocenters. The maximum atomic E-state index is 3.19. The summed E-state index contributed by atoms with van der Waals surface area (Å²) in [6.07, 6.45) is 0. The molecule has 2 aliphatic heterocycles. The molecule has 0 aromatic rings. The Morgan fingerprint density at radius 2 is 2.00 bits per heavy atom.